The standard InChI is InChI=1S/C24H27N3O6S/c1-17(25-24(29)22-15-21(26-27(22)2)19-7-5-4-6-8-19)18-9-11-20(12-10-18)34(30,31)16-23(28)33-14-13-32-3/h4-12,15,17H,13-14,16H2,1-3H3,(H,25,29). The molecule has 3 aromatic rings. The molecule has 1 unspecified atom stereocenters. The molecular weight excluding hydrogens is 458 g/mol. The molecule has 0 saturated heterocycles. The van der Waals surface area contributed by atoms with E-state index in [9.17, 15) is 18.0 Å². The van der Waals surface area contributed by atoms with Crippen molar-refractivity contribution in [2.24, 2.45) is 7.05 Å². The highest BCUT2D eigenvalue weighted by molar-refractivity contribution is 7.92. The van der Waals surface area contributed by atoms with Gasteiger partial charge in [0.05, 0.1) is 23.2 Å². The molecule has 180 valence electrons. The number of nitrogens with zero attached hydrogens (tertiary/aromatic N) is 2. The van der Waals surface area contributed by atoms with Crippen molar-refractivity contribution in [3.05, 3.63) is 71.9 Å². The van der Waals surface area contributed by atoms with Crippen LogP contribution < -0.4 is 5.32 Å². The number of hydrogen-bond acceptors (Lipinski definition) is 7. The lowest BCUT2D eigenvalue weighted by atomic mass is 10.1. The fourth-order valence-corrected chi connectivity index (χ4v) is 4.38. The Balaban J connectivity index is 1.65. The van der Waals surface area contributed by atoms with E-state index in [1.807, 2.05) is 30.3 Å². The normalized spacial score (nSPS) is 12.2. The average Bonchev–Trinajstić information content (AvgIpc) is 3.21. The molecule has 1 N–H and O–H groups in total. The van der Waals surface area contributed by atoms with Gasteiger partial charge in [-0.25, -0.2) is 8.42 Å². The first-order valence-electron chi connectivity index (χ1n) is 10.6. The maximum atomic E-state index is 12.8. The third kappa shape index (κ3) is 6.30. The van der Waals surface area contributed by atoms with Gasteiger partial charge in [-0.2, -0.15) is 5.10 Å². The zero-order chi connectivity index (χ0) is 24.7. The van der Waals surface area contributed by atoms with Crippen LogP contribution in [0.5, 0.6) is 0 Å². The fraction of sp³-hybridized carbons (Fsp3) is 0.292. The van der Waals surface area contributed by atoms with Crippen molar-refractivity contribution in [3.63, 3.8) is 0 Å². The first-order chi connectivity index (χ1) is 16.2. The van der Waals surface area contributed by atoms with Crippen LogP contribution in [0, 0.1) is 0 Å². The van der Waals surface area contributed by atoms with Crippen LogP contribution in [-0.2, 0) is 31.2 Å². The molecule has 0 aliphatic heterocycles. The number of benzene rings is 2. The number of methoxy groups -OCH3 is 1. The van der Waals surface area contributed by atoms with Crippen LogP contribution in [-0.4, -0.2) is 56.2 Å². The average molecular weight is 486 g/mol. The van der Waals surface area contributed by atoms with Gasteiger partial charge < -0.3 is 14.8 Å². The van der Waals surface area contributed by atoms with Crippen molar-refractivity contribution < 1.29 is 27.5 Å². The fourth-order valence-electron chi connectivity index (χ4n) is 3.27. The summed E-state index contributed by atoms with van der Waals surface area (Å²) in [5.74, 6) is -1.90. The molecule has 1 atom stereocenters. The van der Waals surface area contributed by atoms with Crippen molar-refractivity contribution in [1.82, 2.24) is 15.1 Å². The second-order valence-corrected chi connectivity index (χ2v) is 9.63. The predicted molar refractivity (Wildman–Crippen MR) is 126 cm³/mol. The minimum absolute atomic E-state index is 0.00222. The van der Waals surface area contributed by atoms with E-state index in [-0.39, 0.29) is 24.0 Å². The molecule has 1 heterocycles. The Bertz CT molecular complexity index is 1240. The topological polar surface area (TPSA) is 117 Å². The second-order valence-electron chi connectivity index (χ2n) is 7.64. The van der Waals surface area contributed by atoms with E-state index in [0.717, 1.165) is 5.56 Å². The monoisotopic (exact) mass is 485 g/mol. The third-order valence-electron chi connectivity index (χ3n) is 5.13. The molecule has 0 radical (unpaired) electrons. The van der Waals surface area contributed by atoms with E-state index < -0.39 is 27.6 Å². The number of carbonyl (C=O) groups excluding carboxylic acids is 2. The Morgan fingerprint density at radius 2 is 1.74 bits per heavy atom. The molecule has 34 heavy (non-hydrogen) atoms. The number of sulfone groups is 1. The van der Waals surface area contributed by atoms with Gasteiger partial charge in [0.15, 0.2) is 15.6 Å². The molecular formula is C24H27N3O6S. The Morgan fingerprint density at radius 3 is 2.38 bits per heavy atom. The van der Waals surface area contributed by atoms with Crippen molar-refractivity contribution in [3.8, 4) is 11.3 Å². The van der Waals surface area contributed by atoms with Crippen LogP contribution in [0.1, 0.15) is 29.0 Å². The Morgan fingerprint density at radius 1 is 1.06 bits per heavy atom. The maximum Gasteiger partial charge on any atom is 0.321 e. The molecule has 10 heteroatoms. The summed E-state index contributed by atoms with van der Waals surface area (Å²) in [5.41, 5.74) is 2.71. The number of esters is 1. The summed E-state index contributed by atoms with van der Waals surface area (Å²) in [4.78, 5) is 24.6. The SMILES string of the molecule is COCCOC(=O)CS(=O)(=O)c1ccc(C(C)NC(=O)c2cc(-c3ccccc3)nn2C)cc1. The summed E-state index contributed by atoms with van der Waals surface area (Å²) in [6.07, 6.45) is 0. The summed E-state index contributed by atoms with van der Waals surface area (Å²) >= 11 is 0. The first kappa shape index (κ1) is 25.1. The predicted octanol–water partition coefficient (Wildman–Crippen LogP) is 2.54. The highest BCUT2D eigenvalue weighted by Gasteiger charge is 2.22. The van der Waals surface area contributed by atoms with Gasteiger partial charge >= 0.3 is 5.97 Å². The third-order valence-corrected chi connectivity index (χ3v) is 6.73. The zero-order valence-corrected chi connectivity index (χ0v) is 20.0. The van der Waals surface area contributed by atoms with Crippen LogP contribution in [0.15, 0.2) is 65.6 Å². The highest BCUT2D eigenvalue weighted by Crippen LogP contribution is 2.20. The minimum atomic E-state index is -3.85. The number of aromatic nitrogens is 2. The van der Waals surface area contributed by atoms with Crippen LogP contribution in [0.3, 0.4) is 0 Å². The second kappa shape index (κ2) is 11.1. The van der Waals surface area contributed by atoms with Crippen molar-refractivity contribution in [2.75, 3.05) is 26.1 Å². The lowest BCUT2D eigenvalue weighted by molar-refractivity contribution is -0.141. The Hall–Kier alpha value is -3.50. The van der Waals surface area contributed by atoms with Gasteiger partial charge in [0, 0.05) is 19.7 Å². The number of amides is 1. The van der Waals surface area contributed by atoms with Gasteiger partial charge in [-0.3, -0.25) is 14.3 Å². The number of carbonyl (C=O) groups is 2. The van der Waals surface area contributed by atoms with E-state index in [4.69, 9.17) is 9.47 Å². The maximum absolute atomic E-state index is 12.8. The van der Waals surface area contributed by atoms with Gasteiger partial charge in [-0.05, 0) is 30.7 Å². The van der Waals surface area contributed by atoms with E-state index >= 15 is 0 Å². The van der Waals surface area contributed by atoms with Crippen LogP contribution in [0.25, 0.3) is 11.3 Å². The molecule has 0 aliphatic carbocycles. The van der Waals surface area contributed by atoms with Crippen LogP contribution in [0.4, 0.5) is 0 Å². The van der Waals surface area contributed by atoms with Crippen molar-refractivity contribution in [1.29, 1.82) is 0 Å². The van der Waals surface area contributed by atoms with Gasteiger partial charge in [0.25, 0.3) is 5.91 Å². The summed E-state index contributed by atoms with van der Waals surface area (Å²) in [6.45, 7) is 1.98. The van der Waals surface area contributed by atoms with E-state index in [1.54, 1.807) is 32.2 Å². The molecule has 0 bridgehead atoms. The highest BCUT2D eigenvalue weighted by atomic mass is 32.2. The number of aryl methyl sites for hydroxylation is 1. The van der Waals surface area contributed by atoms with Gasteiger partial charge in [-0.1, -0.05) is 42.5 Å². The van der Waals surface area contributed by atoms with E-state index in [0.29, 0.717) is 17.0 Å². The summed E-state index contributed by atoms with van der Waals surface area (Å²) in [7, 11) is -0.696. The number of ether oxygens (including phenoxy) is 2. The molecule has 9 nitrogen and oxygen atoms in total. The molecule has 1 amide bonds. The van der Waals surface area contributed by atoms with E-state index in [1.165, 1.54) is 23.9 Å². The summed E-state index contributed by atoms with van der Waals surface area (Å²) < 4.78 is 36.0. The van der Waals surface area contributed by atoms with Crippen LogP contribution >= 0.6 is 0 Å². The molecule has 2 aromatic carbocycles. The lowest BCUT2D eigenvalue weighted by Crippen LogP contribution is -2.28. The van der Waals surface area contributed by atoms with Gasteiger partial charge in [0.2, 0.25) is 0 Å². The number of rotatable bonds is 10. The zero-order valence-electron chi connectivity index (χ0n) is 19.2. The Labute approximate surface area is 198 Å². The minimum Gasteiger partial charge on any atom is -0.462 e. The molecule has 0 saturated carbocycles. The lowest BCUT2D eigenvalue weighted by Gasteiger charge is -2.15. The first-order valence-corrected chi connectivity index (χ1v) is 12.2. The van der Waals surface area contributed by atoms with Crippen LogP contribution in [0.2, 0.25) is 0 Å². The summed E-state index contributed by atoms with van der Waals surface area (Å²) in [5, 5.41) is 7.31. The quantitative estimate of drug-likeness (QED) is 0.346. The molecule has 0 fully saturated rings. The largest absolute Gasteiger partial charge is 0.462 e. The smallest absolute Gasteiger partial charge is 0.321 e. The van der Waals surface area contributed by atoms with Gasteiger partial charge in [-0.15, -0.1) is 0 Å². The molecule has 3 rings (SSSR count). The molecule has 0 aliphatic rings. The van der Waals surface area contributed by atoms with Gasteiger partial charge in [0.1, 0.15) is 12.3 Å². The number of nitrogens with one attached hydrogen (secondary N) is 1. The summed E-state index contributed by atoms with van der Waals surface area (Å²) in [6, 6.07) is 16.9. The number of hydrogen-bond donors (Lipinski definition) is 1. The molecule has 1 aromatic heterocycles. The molecule has 0 spiro atoms. The van der Waals surface area contributed by atoms with Crippen molar-refractivity contribution >= 4 is 21.7 Å². The van der Waals surface area contributed by atoms with E-state index in [2.05, 4.69) is 10.4 Å². The Kier molecular flexibility index (Phi) is 8.19. The van der Waals surface area contributed by atoms with Crippen molar-refractivity contribution in [2.45, 2.75) is 17.9 Å².